The molecule has 0 saturated heterocycles. The molecule has 2 aromatic heterocycles. The lowest BCUT2D eigenvalue weighted by molar-refractivity contribution is 0.483. The van der Waals surface area contributed by atoms with Gasteiger partial charge in [-0.2, -0.15) is 0 Å². The molecule has 6 nitrogen and oxygen atoms in total. The molecule has 2 N–H and O–H groups in total. The fourth-order valence-electron chi connectivity index (χ4n) is 4.67. The van der Waals surface area contributed by atoms with Crippen molar-refractivity contribution in [2.75, 3.05) is 0 Å². The molecule has 7 rings (SSSR count). The first kappa shape index (κ1) is 23.7. The molecule has 0 saturated carbocycles. The summed E-state index contributed by atoms with van der Waals surface area (Å²) in [6.45, 7) is 4.12. The average molecular weight is 523 g/mol. The van der Waals surface area contributed by atoms with E-state index < -0.39 is 0 Å². The minimum Gasteiger partial charge on any atom is -0.457 e. The Labute approximate surface area is 231 Å². The predicted octanol–water partition coefficient (Wildman–Crippen LogP) is 8.97. The molecule has 0 fully saturated rings. The van der Waals surface area contributed by atoms with Gasteiger partial charge in [0.15, 0.2) is 0 Å². The Bertz CT molecular complexity index is 1830. The molecule has 2 heterocycles. The van der Waals surface area contributed by atoms with Gasteiger partial charge in [0.2, 0.25) is 0 Å². The van der Waals surface area contributed by atoms with Gasteiger partial charge in [0.1, 0.15) is 34.6 Å². The highest BCUT2D eigenvalue weighted by atomic mass is 16.5. The quantitative estimate of drug-likeness (QED) is 0.228. The van der Waals surface area contributed by atoms with E-state index in [0.717, 1.165) is 67.8 Å². The number of aromatic nitrogens is 4. The number of benzene rings is 5. The minimum absolute atomic E-state index is 0.746. The van der Waals surface area contributed by atoms with Crippen LogP contribution in [0.1, 0.15) is 11.1 Å². The molecular weight excluding hydrogens is 496 g/mol. The second-order valence-corrected chi connectivity index (χ2v) is 9.94. The second-order valence-electron chi connectivity index (χ2n) is 9.94. The van der Waals surface area contributed by atoms with Crippen molar-refractivity contribution in [2.45, 2.75) is 13.8 Å². The summed E-state index contributed by atoms with van der Waals surface area (Å²) in [4.78, 5) is 16.6. The number of nitrogens with one attached hydrogen (secondary N) is 2. The fourth-order valence-corrected chi connectivity index (χ4v) is 4.67. The van der Waals surface area contributed by atoms with Crippen LogP contribution >= 0.6 is 0 Å². The van der Waals surface area contributed by atoms with Gasteiger partial charge in [-0.15, -0.1) is 0 Å². The van der Waals surface area contributed by atoms with Gasteiger partial charge >= 0.3 is 0 Å². The van der Waals surface area contributed by atoms with Gasteiger partial charge in [0.25, 0.3) is 0 Å². The second kappa shape index (κ2) is 9.75. The lowest BCUT2D eigenvalue weighted by atomic mass is 10.1. The van der Waals surface area contributed by atoms with Gasteiger partial charge in [-0.05, 0) is 68.4 Å². The van der Waals surface area contributed by atoms with Crippen LogP contribution in [0.5, 0.6) is 23.0 Å². The number of imidazole rings is 2. The maximum atomic E-state index is 6.04. The van der Waals surface area contributed by atoms with E-state index in [0.29, 0.717) is 0 Å². The van der Waals surface area contributed by atoms with E-state index in [4.69, 9.17) is 19.4 Å². The number of H-pyrrole nitrogens is 2. The smallest absolute Gasteiger partial charge is 0.138 e. The van der Waals surface area contributed by atoms with E-state index >= 15 is 0 Å². The van der Waals surface area contributed by atoms with Crippen molar-refractivity contribution in [2.24, 2.45) is 0 Å². The summed E-state index contributed by atoms with van der Waals surface area (Å²) >= 11 is 0. The van der Waals surface area contributed by atoms with Gasteiger partial charge in [-0.1, -0.05) is 53.6 Å². The first-order valence-electron chi connectivity index (χ1n) is 13.2. The highest BCUT2D eigenvalue weighted by Gasteiger charge is 2.11. The van der Waals surface area contributed by atoms with Crippen LogP contribution in [0.3, 0.4) is 0 Å². The first-order valence-corrected chi connectivity index (χ1v) is 13.2. The van der Waals surface area contributed by atoms with Crippen LogP contribution in [0.15, 0.2) is 109 Å². The van der Waals surface area contributed by atoms with Crippen molar-refractivity contribution < 1.29 is 9.47 Å². The maximum absolute atomic E-state index is 6.04. The van der Waals surface area contributed by atoms with Gasteiger partial charge in [0.05, 0.1) is 22.1 Å². The first-order chi connectivity index (χ1) is 19.6. The number of hydrogen-bond acceptors (Lipinski definition) is 4. The van der Waals surface area contributed by atoms with E-state index in [1.807, 2.05) is 103 Å². The number of aromatic amines is 2. The normalized spacial score (nSPS) is 11.2. The van der Waals surface area contributed by atoms with Crippen LogP contribution in [-0.4, -0.2) is 19.9 Å². The summed E-state index contributed by atoms with van der Waals surface area (Å²) in [6.07, 6.45) is 0. The number of fused-ring (bicyclic) bond motifs is 2. The number of ether oxygens (including phenoxy) is 2. The number of nitrogens with zero attached hydrogens (tertiary/aromatic N) is 2. The Balaban J connectivity index is 1.15. The van der Waals surface area contributed by atoms with Crippen molar-refractivity contribution in [3.8, 4) is 45.8 Å². The van der Waals surface area contributed by atoms with Crippen molar-refractivity contribution in [1.29, 1.82) is 0 Å². The number of aryl methyl sites for hydroxylation is 2. The highest BCUT2D eigenvalue weighted by Crippen LogP contribution is 2.31. The molecule has 0 atom stereocenters. The largest absolute Gasteiger partial charge is 0.457 e. The van der Waals surface area contributed by atoms with Crippen LogP contribution < -0.4 is 9.47 Å². The molecule has 0 amide bonds. The van der Waals surface area contributed by atoms with E-state index in [1.165, 1.54) is 11.1 Å². The summed E-state index contributed by atoms with van der Waals surface area (Å²) in [5, 5.41) is 0. The molecule has 5 aromatic carbocycles. The summed E-state index contributed by atoms with van der Waals surface area (Å²) < 4.78 is 12.1. The van der Waals surface area contributed by atoms with Crippen molar-refractivity contribution >= 4 is 22.1 Å². The lowest BCUT2D eigenvalue weighted by Crippen LogP contribution is -1.84. The Kier molecular flexibility index (Phi) is 5.78. The van der Waals surface area contributed by atoms with Gasteiger partial charge in [-0.25, -0.2) is 9.97 Å². The average Bonchev–Trinajstić information content (AvgIpc) is 3.60. The molecule has 0 aliphatic heterocycles. The zero-order valence-electron chi connectivity index (χ0n) is 22.1. The number of hydrogen-bond donors (Lipinski definition) is 2. The summed E-state index contributed by atoms with van der Waals surface area (Å²) in [7, 11) is 0. The van der Waals surface area contributed by atoms with Gasteiger partial charge in [-0.3, -0.25) is 0 Å². The van der Waals surface area contributed by atoms with Crippen molar-refractivity contribution in [3.63, 3.8) is 0 Å². The van der Waals surface area contributed by atoms with Crippen LogP contribution in [0.4, 0.5) is 0 Å². The molecule has 0 aliphatic rings. The third kappa shape index (κ3) is 4.78. The van der Waals surface area contributed by atoms with Crippen molar-refractivity contribution in [1.82, 2.24) is 19.9 Å². The van der Waals surface area contributed by atoms with Crippen molar-refractivity contribution in [3.05, 3.63) is 120 Å². The molecule has 40 heavy (non-hydrogen) atoms. The number of rotatable bonds is 6. The molecular formula is C34H26N4O2. The molecule has 0 unspecified atom stereocenters. The van der Waals surface area contributed by atoms with E-state index in [-0.39, 0.29) is 0 Å². The Hall–Kier alpha value is -5.36. The molecule has 194 valence electrons. The van der Waals surface area contributed by atoms with Crippen LogP contribution in [0.25, 0.3) is 44.8 Å². The monoisotopic (exact) mass is 522 g/mol. The lowest BCUT2D eigenvalue weighted by Gasteiger charge is -2.05. The molecule has 6 heteroatoms. The topological polar surface area (TPSA) is 75.8 Å². The molecule has 0 aliphatic carbocycles. The summed E-state index contributed by atoms with van der Waals surface area (Å²) in [5.41, 5.74) is 7.91. The molecule has 0 spiro atoms. The predicted molar refractivity (Wildman–Crippen MR) is 159 cm³/mol. The zero-order chi connectivity index (χ0) is 27.1. The van der Waals surface area contributed by atoms with Crippen LogP contribution in [0, 0.1) is 13.8 Å². The zero-order valence-corrected chi connectivity index (χ0v) is 22.1. The third-order valence-electron chi connectivity index (χ3n) is 6.83. The van der Waals surface area contributed by atoms with E-state index in [9.17, 15) is 0 Å². The highest BCUT2D eigenvalue weighted by molar-refractivity contribution is 5.83. The summed E-state index contributed by atoms with van der Waals surface area (Å²) in [6, 6.07) is 36.0. The van der Waals surface area contributed by atoms with Gasteiger partial charge in [0, 0.05) is 23.3 Å². The maximum Gasteiger partial charge on any atom is 0.138 e. The molecule has 0 bridgehead atoms. The third-order valence-corrected chi connectivity index (χ3v) is 6.83. The molecule has 7 aromatic rings. The van der Waals surface area contributed by atoms with E-state index in [2.05, 4.69) is 29.9 Å². The Morgan fingerprint density at radius 2 is 1.00 bits per heavy atom. The van der Waals surface area contributed by atoms with Gasteiger partial charge < -0.3 is 19.4 Å². The Morgan fingerprint density at radius 1 is 0.475 bits per heavy atom. The summed E-state index contributed by atoms with van der Waals surface area (Å²) in [5.74, 6) is 4.68. The standard InChI is InChI=1S/C34H26N4O2/c1-21-6-10-25(11-7-21)39-27-14-16-29-31(19-27)37-33(35-29)23-4-3-5-24(18-23)34-36-30-17-15-28(20-32(30)38-34)40-26-12-8-22(2)9-13-26/h3-20H,1-2H3,(H,35,37)(H,36,38). The fraction of sp³-hybridized carbons (Fsp3) is 0.0588. The van der Waals surface area contributed by atoms with E-state index in [1.54, 1.807) is 0 Å². The van der Waals surface area contributed by atoms with Crippen LogP contribution in [-0.2, 0) is 0 Å². The molecule has 0 radical (unpaired) electrons. The Morgan fingerprint density at radius 3 is 1.65 bits per heavy atom. The van der Waals surface area contributed by atoms with Crippen LogP contribution in [0.2, 0.25) is 0 Å². The minimum atomic E-state index is 0.746. The SMILES string of the molecule is Cc1ccc(Oc2ccc3[nH]c(-c4cccc(-c5nc6ccc(Oc7ccc(C)cc7)cc6[nH]5)c4)nc3c2)cc1.